The van der Waals surface area contributed by atoms with Gasteiger partial charge in [0.2, 0.25) is 0 Å². The normalized spacial score (nSPS) is 11.2. The topological polar surface area (TPSA) is 26.2 Å². The average molecular weight is 232 g/mol. The molecule has 0 saturated heterocycles. The van der Waals surface area contributed by atoms with E-state index in [1.165, 1.54) is 22.2 Å². The minimum Gasteiger partial charge on any atom is -0.383 e. The fourth-order valence-corrected chi connectivity index (χ4v) is 2.27. The Morgan fingerprint density at radius 3 is 2.76 bits per heavy atom. The van der Waals surface area contributed by atoms with Gasteiger partial charge in [0.15, 0.2) is 0 Å². The fourth-order valence-electron chi connectivity index (χ4n) is 2.27. The summed E-state index contributed by atoms with van der Waals surface area (Å²) in [7, 11) is 3.85. The van der Waals surface area contributed by atoms with Crippen LogP contribution in [0.3, 0.4) is 0 Å². The second kappa shape index (κ2) is 5.34. The monoisotopic (exact) mass is 232 g/mol. The number of nitrogens with zero attached hydrogens (tertiary/aromatic N) is 1. The Morgan fingerprint density at radius 2 is 2.06 bits per heavy atom. The lowest BCUT2D eigenvalue weighted by Gasteiger charge is -2.07. The third-order valence-corrected chi connectivity index (χ3v) is 3.28. The van der Waals surface area contributed by atoms with Gasteiger partial charge in [-0.1, -0.05) is 18.2 Å². The first-order valence-corrected chi connectivity index (χ1v) is 5.98. The summed E-state index contributed by atoms with van der Waals surface area (Å²) in [6.07, 6.45) is 0. The third-order valence-electron chi connectivity index (χ3n) is 3.28. The van der Waals surface area contributed by atoms with E-state index in [4.69, 9.17) is 4.74 Å². The lowest BCUT2D eigenvalue weighted by molar-refractivity contribution is 0.199. The van der Waals surface area contributed by atoms with E-state index in [1.54, 1.807) is 7.11 Å². The standard InChI is InChI=1S/C14H20N2O/c1-11-12-6-4-5-7-13(12)16(2)14(11)10-15-8-9-17-3/h4-7,15H,8-10H2,1-3H3. The number of nitrogens with one attached hydrogen (secondary N) is 1. The summed E-state index contributed by atoms with van der Waals surface area (Å²) >= 11 is 0. The zero-order valence-corrected chi connectivity index (χ0v) is 10.8. The number of para-hydroxylation sites is 1. The average Bonchev–Trinajstić information content (AvgIpc) is 2.60. The van der Waals surface area contributed by atoms with Crippen LogP contribution in [0, 0.1) is 6.92 Å². The summed E-state index contributed by atoms with van der Waals surface area (Å²) in [5.74, 6) is 0. The Hall–Kier alpha value is -1.32. The summed E-state index contributed by atoms with van der Waals surface area (Å²) in [5, 5.41) is 4.75. The van der Waals surface area contributed by atoms with Crippen molar-refractivity contribution in [1.29, 1.82) is 0 Å². The molecule has 0 spiro atoms. The third kappa shape index (κ3) is 2.35. The van der Waals surface area contributed by atoms with Gasteiger partial charge in [-0.2, -0.15) is 0 Å². The van der Waals surface area contributed by atoms with E-state index < -0.39 is 0 Å². The molecule has 0 bridgehead atoms. The van der Waals surface area contributed by atoms with Crippen molar-refractivity contribution in [1.82, 2.24) is 9.88 Å². The van der Waals surface area contributed by atoms with E-state index in [1.807, 2.05) is 0 Å². The van der Waals surface area contributed by atoms with Crippen molar-refractivity contribution in [3.8, 4) is 0 Å². The summed E-state index contributed by atoms with van der Waals surface area (Å²) in [4.78, 5) is 0. The van der Waals surface area contributed by atoms with Crippen molar-refractivity contribution >= 4 is 10.9 Å². The quantitative estimate of drug-likeness (QED) is 0.800. The van der Waals surface area contributed by atoms with Crippen molar-refractivity contribution in [2.75, 3.05) is 20.3 Å². The van der Waals surface area contributed by atoms with Crippen LogP contribution in [0.1, 0.15) is 11.3 Å². The van der Waals surface area contributed by atoms with Gasteiger partial charge in [-0.15, -0.1) is 0 Å². The van der Waals surface area contributed by atoms with Crippen molar-refractivity contribution in [2.24, 2.45) is 7.05 Å². The highest BCUT2D eigenvalue weighted by atomic mass is 16.5. The number of ether oxygens (including phenoxy) is 1. The number of aromatic nitrogens is 1. The Kier molecular flexibility index (Phi) is 3.82. The van der Waals surface area contributed by atoms with Crippen LogP contribution in [0.2, 0.25) is 0 Å². The zero-order valence-electron chi connectivity index (χ0n) is 10.8. The molecule has 92 valence electrons. The van der Waals surface area contributed by atoms with Gasteiger partial charge in [0.1, 0.15) is 0 Å². The highest BCUT2D eigenvalue weighted by Gasteiger charge is 2.09. The molecule has 0 fully saturated rings. The van der Waals surface area contributed by atoms with Gasteiger partial charge < -0.3 is 14.6 Å². The fraction of sp³-hybridized carbons (Fsp3) is 0.429. The summed E-state index contributed by atoms with van der Waals surface area (Å²) < 4.78 is 7.30. The molecule has 0 aliphatic carbocycles. The van der Waals surface area contributed by atoms with Gasteiger partial charge in [0, 0.05) is 43.8 Å². The van der Waals surface area contributed by atoms with Crippen LogP contribution in [-0.4, -0.2) is 24.8 Å². The van der Waals surface area contributed by atoms with Gasteiger partial charge in [0.05, 0.1) is 6.61 Å². The molecular weight excluding hydrogens is 212 g/mol. The molecule has 3 heteroatoms. The minimum absolute atomic E-state index is 0.753. The number of rotatable bonds is 5. The molecule has 1 aromatic heterocycles. The largest absolute Gasteiger partial charge is 0.383 e. The molecular formula is C14H20N2O. The van der Waals surface area contributed by atoms with Crippen LogP contribution in [0.25, 0.3) is 10.9 Å². The molecule has 0 saturated carbocycles. The maximum Gasteiger partial charge on any atom is 0.0587 e. The van der Waals surface area contributed by atoms with Crippen molar-refractivity contribution in [3.63, 3.8) is 0 Å². The second-order valence-corrected chi connectivity index (χ2v) is 4.32. The van der Waals surface area contributed by atoms with Crippen molar-refractivity contribution < 1.29 is 4.74 Å². The first kappa shape index (κ1) is 12.1. The Bertz CT molecular complexity index is 463. The van der Waals surface area contributed by atoms with Crippen LogP contribution in [0.5, 0.6) is 0 Å². The molecule has 0 aliphatic rings. The number of aryl methyl sites for hydroxylation is 2. The SMILES string of the molecule is COCCNCc1c(C)c2ccccc2n1C. The summed E-state index contributed by atoms with van der Waals surface area (Å²) in [6.45, 7) is 4.72. The molecule has 1 N–H and O–H groups in total. The number of hydrogen-bond donors (Lipinski definition) is 1. The maximum atomic E-state index is 5.03. The van der Waals surface area contributed by atoms with Gasteiger partial charge in [-0.25, -0.2) is 0 Å². The molecule has 0 radical (unpaired) electrons. The summed E-state index contributed by atoms with van der Waals surface area (Å²) in [6, 6.07) is 8.53. The van der Waals surface area contributed by atoms with Crippen LogP contribution >= 0.6 is 0 Å². The van der Waals surface area contributed by atoms with Crippen molar-refractivity contribution in [3.05, 3.63) is 35.5 Å². The van der Waals surface area contributed by atoms with Gasteiger partial charge in [-0.3, -0.25) is 0 Å². The van der Waals surface area contributed by atoms with Gasteiger partial charge >= 0.3 is 0 Å². The molecule has 0 atom stereocenters. The zero-order chi connectivity index (χ0) is 12.3. The van der Waals surface area contributed by atoms with Crippen LogP contribution in [0.4, 0.5) is 0 Å². The van der Waals surface area contributed by atoms with E-state index >= 15 is 0 Å². The van der Waals surface area contributed by atoms with Crippen molar-refractivity contribution in [2.45, 2.75) is 13.5 Å². The molecule has 17 heavy (non-hydrogen) atoms. The molecule has 0 unspecified atom stereocenters. The lowest BCUT2D eigenvalue weighted by atomic mass is 10.1. The van der Waals surface area contributed by atoms with Crippen LogP contribution < -0.4 is 5.32 Å². The molecule has 0 amide bonds. The number of fused-ring (bicyclic) bond motifs is 1. The maximum absolute atomic E-state index is 5.03. The van der Waals surface area contributed by atoms with E-state index in [0.717, 1.165) is 19.7 Å². The number of benzene rings is 1. The molecule has 0 aliphatic heterocycles. The first-order valence-electron chi connectivity index (χ1n) is 5.98. The highest BCUT2D eigenvalue weighted by Crippen LogP contribution is 2.23. The van der Waals surface area contributed by atoms with Crippen LogP contribution in [0.15, 0.2) is 24.3 Å². The highest BCUT2D eigenvalue weighted by molar-refractivity contribution is 5.85. The smallest absolute Gasteiger partial charge is 0.0587 e. The Labute approximate surface area is 102 Å². The first-order chi connectivity index (χ1) is 8.25. The summed E-state index contributed by atoms with van der Waals surface area (Å²) in [5.41, 5.74) is 4.02. The van der Waals surface area contributed by atoms with E-state index in [9.17, 15) is 0 Å². The van der Waals surface area contributed by atoms with Gasteiger partial charge in [0.25, 0.3) is 0 Å². The predicted octanol–water partition coefficient (Wildman–Crippen LogP) is 2.22. The predicted molar refractivity (Wildman–Crippen MR) is 71.2 cm³/mol. The Balaban J connectivity index is 2.22. The molecule has 2 rings (SSSR count). The van der Waals surface area contributed by atoms with E-state index in [-0.39, 0.29) is 0 Å². The van der Waals surface area contributed by atoms with Crippen LogP contribution in [-0.2, 0) is 18.3 Å². The molecule has 1 aromatic carbocycles. The Morgan fingerprint density at radius 1 is 1.29 bits per heavy atom. The van der Waals surface area contributed by atoms with E-state index in [0.29, 0.717) is 0 Å². The van der Waals surface area contributed by atoms with Gasteiger partial charge in [-0.05, 0) is 18.6 Å². The molecule has 1 heterocycles. The second-order valence-electron chi connectivity index (χ2n) is 4.32. The minimum atomic E-state index is 0.753. The molecule has 3 nitrogen and oxygen atoms in total. The lowest BCUT2D eigenvalue weighted by Crippen LogP contribution is -2.20. The van der Waals surface area contributed by atoms with E-state index in [2.05, 4.69) is 48.1 Å². The number of methoxy groups -OCH3 is 1. The molecule has 2 aromatic rings. The number of hydrogen-bond acceptors (Lipinski definition) is 2.